The molecular weight excluding hydrogens is 214 g/mol. The van der Waals surface area contributed by atoms with Crippen molar-refractivity contribution in [1.29, 1.82) is 0 Å². The summed E-state index contributed by atoms with van der Waals surface area (Å²) in [5.74, 6) is 0. The molecule has 0 radical (unpaired) electrons. The molecule has 0 N–H and O–H groups in total. The van der Waals surface area contributed by atoms with Gasteiger partial charge in [-0.15, -0.1) is 0 Å². The third kappa shape index (κ3) is 2.64. The van der Waals surface area contributed by atoms with E-state index in [2.05, 4.69) is 60.7 Å². The molecule has 0 atom stereocenters. The van der Waals surface area contributed by atoms with Crippen molar-refractivity contribution in [2.24, 2.45) is 0 Å². The van der Waals surface area contributed by atoms with E-state index in [1.54, 1.807) is 0 Å². The van der Waals surface area contributed by atoms with E-state index in [9.17, 15) is 0 Å². The molecular formula is C14H12Na2. The van der Waals surface area contributed by atoms with Gasteiger partial charge in [0, 0.05) is 0 Å². The summed E-state index contributed by atoms with van der Waals surface area (Å²) in [6.45, 7) is 0. The first kappa shape index (κ1) is 12.9. The van der Waals surface area contributed by atoms with Gasteiger partial charge in [-0.2, -0.15) is 0 Å². The molecule has 2 aromatic rings. The second-order valence-corrected chi connectivity index (χ2v) is 6.83. The SMILES string of the molecule is [Na][CH2][C]([Na])(c1ccccc1)c1ccccc1. The summed E-state index contributed by atoms with van der Waals surface area (Å²) in [5, 5.41) is 0. The van der Waals surface area contributed by atoms with E-state index in [1.807, 2.05) is 0 Å². The van der Waals surface area contributed by atoms with Crippen LogP contribution in [0.2, 0.25) is 3.67 Å². The predicted molar refractivity (Wildman–Crippen MR) is 70.0 cm³/mol. The molecule has 16 heavy (non-hydrogen) atoms. The first-order valence-electron chi connectivity index (χ1n) is 5.88. The van der Waals surface area contributed by atoms with Crippen LogP contribution in [-0.4, -0.2) is 55.9 Å². The number of hydrogen-bond acceptors (Lipinski definition) is 0. The molecule has 0 fully saturated rings. The Morgan fingerprint density at radius 2 is 1.12 bits per heavy atom. The van der Waals surface area contributed by atoms with E-state index in [4.69, 9.17) is 0 Å². The third-order valence-electron chi connectivity index (χ3n) is 3.53. The molecule has 0 aliphatic carbocycles. The van der Waals surface area contributed by atoms with Gasteiger partial charge in [0.2, 0.25) is 0 Å². The van der Waals surface area contributed by atoms with Crippen molar-refractivity contribution in [2.75, 3.05) is 0 Å². The first-order valence-corrected chi connectivity index (χ1v) is 8.30. The monoisotopic (exact) mass is 226 g/mol. The van der Waals surface area contributed by atoms with Gasteiger partial charge in [-0.3, -0.25) is 0 Å². The number of benzene rings is 2. The van der Waals surface area contributed by atoms with E-state index < -0.39 is 0 Å². The van der Waals surface area contributed by atoms with Crippen LogP contribution in [0, 0.1) is 0 Å². The van der Waals surface area contributed by atoms with Gasteiger partial charge in [-0.05, 0) is 0 Å². The van der Waals surface area contributed by atoms with Crippen LogP contribution >= 0.6 is 0 Å². The normalized spacial score (nSPS) is 11.5. The molecule has 0 nitrogen and oxygen atoms in total. The third-order valence-corrected chi connectivity index (χ3v) is 8.22. The Labute approximate surface area is 132 Å². The molecule has 0 aliphatic rings. The summed E-state index contributed by atoms with van der Waals surface area (Å²) in [6, 6.07) is 21.9. The van der Waals surface area contributed by atoms with Crippen LogP contribution in [0.1, 0.15) is 11.1 Å². The summed E-state index contributed by atoms with van der Waals surface area (Å²) in [5.41, 5.74) is 2.98. The van der Waals surface area contributed by atoms with Gasteiger partial charge in [-0.1, -0.05) is 0 Å². The molecule has 0 bridgehead atoms. The maximum absolute atomic E-state index is 2.28. The van der Waals surface area contributed by atoms with Gasteiger partial charge in [0.25, 0.3) is 0 Å². The average molecular weight is 226 g/mol. The van der Waals surface area contributed by atoms with Crippen molar-refractivity contribution in [3.8, 4) is 0 Å². The Kier molecular flexibility index (Phi) is 4.72. The molecule has 2 aromatic carbocycles. The van der Waals surface area contributed by atoms with E-state index in [-0.39, 0.29) is 0 Å². The van der Waals surface area contributed by atoms with Gasteiger partial charge in [0.1, 0.15) is 0 Å². The molecule has 0 aliphatic heterocycles. The average Bonchev–Trinajstić information content (AvgIpc) is 2.40. The van der Waals surface area contributed by atoms with Crippen molar-refractivity contribution in [2.45, 2.75) is 6.33 Å². The minimum atomic E-state index is 0.328. The second kappa shape index (κ2) is 5.86. The Balaban J connectivity index is 2.49. The van der Waals surface area contributed by atoms with Gasteiger partial charge in [0.15, 0.2) is 0 Å². The van der Waals surface area contributed by atoms with E-state index >= 15 is 0 Å². The van der Waals surface area contributed by atoms with Crippen molar-refractivity contribution in [3.63, 3.8) is 0 Å². The van der Waals surface area contributed by atoms with E-state index in [1.165, 1.54) is 70.7 Å². The standard InChI is InChI=1S/C14H12.2Na/c1-12(13-8-4-2-5-9-13)14-10-6-3-7-11-14;;/h2-11H,1H2;;. The van der Waals surface area contributed by atoms with Gasteiger partial charge in [0.05, 0.1) is 0 Å². The molecule has 0 saturated carbocycles. The van der Waals surface area contributed by atoms with Crippen LogP contribution in [0.4, 0.5) is 0 Å². The second-order valence-electron chi connectivity index (χ2n) is 4.42. The van der Waals surface area contributed by atoms with Crippen LogP contribution in [0.25, 0.3) is 0 Å². The fourth-order valence-electron chi connectivity index (χ4n) is 2.19. The Hall–Kier alpha value is 0.440. The van der Waals surface area contributed by atoms with Crippen LogP contribution in [0.15, 0.2) is 60.7 Å². The first-order chi connectivity index (χ1) is 7.77. The fourth-order valence-corrected chi connectivity index (χ4v) is 3.67. The topological polar surface area (TPSA) is 0 Å². The van der Waals surface area contributed by atoms with E-state index in [0.717, 1.165) is 0 Å². The fraction of sp³-hybridized carbons (Fsp3) is 0.143. The summed E-state index contributed by atoms with van der Waals surface area (Å²) in [6.07, 6.45) is 0. The summed E-state index contributed by atoms with van der Waals surface area (Å²) in [7, 11) is 0. The zero-order valence-electron chi connectivity index (χ0n) is 9.98. The molecule has 2 heteroatoms. The summed E-state index contributed by atoms with van der Waals surface area (Å²) >= 11 is 2.43. The molecule has 0 aromatic heterocycles. The summed E-state index contributed by atoms with van der Waals surface area (Å²) < 4.78 is 1.64. The summed E-state index contributed by atoms with van der Waals surface area (Å²) in [4.78, 5) is 0. The van der Waals surface area contributed by atoms with Gasteiger partial charge >= 0.3 is 134 Å². The Bertz CT molecular complexity index is 397. The van der Waals surface area contributed by atoms with Crippen LogP contribution in [-0.2, 0) is 2.66 Å². The van der Waals surface area contributed by atoms with Crippen LogP contribution < -0.4 is 0 Å². The molecule has 70 valence electrons. The molecule has 0 heterocycles. The van der Waals surface area contributed by atoms with Gasteiger partial charge < -0.3 is 0 Å². The zero-order valence-corrected chi connectivity index (χ0v) is 14.0. The van der Waals surface area contributed by atoms with Gasteiger partial charge in [-0.25, -0.2) is 0 Å². The van der Waals surface area contributed by atoms with Crippen LogP contribution in [0.5, 0.6) is 0 Å². The van der Waals surface area contributed by atoms with Crippen molar-refractivity contribution >= 4 is 55.9 Å². The zero-order chi connectivity index (χ0) is 11.4. The minimum absolute atomic E-state index is 0.328. The molecule has 2 rings (SSSR count). The molecule has 0 saturated heterocycles. The number of rotatable bonds is 3. The van der Waals surface area contributed by atoms with Crippen molar-refractivity contribution in [1.82, 2.24) is 0 Å². The Morgan fingerprint density at radius 1 is 0.750 bits per heavy atom. The quantitative estimate of drug-likeness (QED) is 0.706. The Morgan fingerprint density at radius 3 is 1.44 bits per heavy atom. The van der Waals surface area contributed by atoms with Crippen LogP contribution in [0.3, 0.4) is 0 Å². The van der Waals surface area contributed by atoms with E-state index in [0.29, 0.717) is 2.66 Å². The predicted octanol–water partition coefficient (Wildman–Crippen LogP) is 2.69. The van der Waals surface area contributed by atoms with Crippen molar-refractivity contribution < 1.29 is 0 Å². The maximum atomic E-state index is 2.28. The molecule has 0 spiro atoms. The van der Waals surface area contributed by atoms with Crippen molar-refractivity contribution in [3.05, 3.63) is 71.8 Å². The molecule has 0 amide bonds. The molecule has 0 unspecified atom stereocenters. The number of hydrogen-bond donors (Lipinski definition) is 0.